The number of carbonyl (C=O) groups is 1. The summed E-state index contributed by atoms with van der Waals surface area (Å²) >= 11 is 0. The molecule has 0 aliphatic carbocycles. The highest BCUT2D eigenvalue weighted by atomic mass is 19.1. The number of hydrogen-bond acceptors (Lipinski definition) is 3. The molecule has 5 heteroatoms. The molecule has 4 nitrogen and oxygen atoms in total. The second-order valence-electron chi connectivity index (χ2n) is 7.70. The van der Waals surface area contributed by atoms with Crippen LogP contribution in [-0.4, -0.2) is 48.4 Å². The number of halogens is 1. The minimum Gasteiger partial charge on any atom is -0.337 e. The van der Waals surface area contributed by atoms with E-state index < -0.39 is 6.04 Å². The zero-order valence-electron chi connectivity index (χ0n) is 16.6. The maximum absolute atomic E-state index is 13.9. The molecule has 1 aliphatic heterocycles. The van der Waals surface area contributed by atoms with Crippen LogP contribution in [0.3, 0.4) is 0 Å². The van der Waals surface area contributed by atoms with Crippen LogP contribution in [0.4, 0.5) is 4.39 Å². The van der Waals surface area contributed by atoms with Crippen molar-refractivity contribution in [3.63, 3.8) is 0 Å². The van der Waals surface area contributed by atoms with Crippen molar-refractivity contribution in [1.29, 1.82) is 0 Å². The van der Waals surface area contributed by atoms with Gasteiger partial charge in [0.05, 0.1) is 6.04 Å². The number of likely N-dealkylation sites (tertiary alicyclic amines) is 1. The molecule has 1 saturated heterocycles. The van der Waals surface area contributed by atoms with E-state index >= 15 is 0 Å². The summed E-state index contributed by atoms with van der Waals surface area (Å²) in [5.41, 5.74) is 7.88. The number of hydrogen-bond donors (Lipinski definition) is 1. The topological polar surface area (TPSA) is 49.6 Å². The summed E-state index contributed by atoms with van der Waals surface area (Å²) in [5.74, 6) is -0.271. The van der Waals surface area contributed by atoms with E-state index in [1.807, 2.05) is 30.1 Å². The summed E-state index contributed by atoms with van der Waals surface area (Å²) in [6, 6.07) is 16.3. The van der Waals surface area contributed by atoms with E-state index in [4.69, 9.17) is 5.73 Å². The predicted molar refractivity (Wildman–Crippen MR) is 110 cm³/mol. The van der Waals surface area contributed by atoms with Gasteiger partial charge in [-0.15, -0.1) is 0 Å². The van der Waals surface area contributed by atoms with Gasteiger partial charge in [0.25, 0.3) is 0 Å². The Morgan fingerprint density at radius 2 is 1.75 bits per heavy atom. The monoisotopic (exact) mass is 383 g/mol. The minimum atomic E-state index is -0.407. The average Bonchev–Trinajstić information content (AvgIpc) is 3.21. The Morgan fingerprint density at radius 3 is 2.43 bits per heavy atom. The third kappa shape index (κ3) is 5.40. The first-order valence-electron chi connectivity index (χ1n) is 10.1. The highest BCUT2D eigenvalue weighted by molar-refractivity contribution is 5.77. The zero-order valence-corrected chi connectivity index (χ0v) is 16.6. The normalized spacial score (nSPS) is 16.7. The number of rotatable bonds is 8. The van der Waals surface area contributed by atoms with Crippen LogP contribution in [0, 0.1) is 5.82 Å². The van der Waals surface area contributed by atoms with Crippen LogP contribution in [-0.2, 0) is 11.2 Å². The maximum Gasteiger partial charge on any atom is 0.224 e. The van der Waals surface area contributed by atoms with Gasteiger partial charge in [-0.3, -0.25) is 4.79 Å². The van der Waals surface area contributed by atoms with Crippen LogP contribution in [0.2, 0.25) is 0 Å². The highest BCUT2D eigenvalue weighted by Gasteiger charge is 2.26. The molecule has 1 unspecified atom stereocenters. The fourth-order valence-corrected chi connectivity index (χ4v) is 3.90. The molecule has 2 aromatic rings. The number of amides is 1. The van der Waals surface area contributed by atoms with E-state index in [-0.39, 0.29) is 24.2 Å². The lowest BCUT2D eigenvalue weighted by Gasteiger charge is -2.32. The summed E-state index contributed by atoms with van der Waals surface area (Å²) in [6.07, 6.45) is 2.99. The van der Waals surface area contributed by atoms with Crippen LogP contribution < -0.4 is 5.73 Å². The molecule has 1 aliphatic rings. The molecule has 2 aromatic carbocycles. The molecule has 0 spiro atoms. The third-order valence-electron chi connectivity index (χ3n) is 5.55. The van der Waals surface area contributed by atoms with E-state index in [1.165, 1.54) is 18.9 Å². The van der Waals surface area contributed by atoms with Gasteiger partial charge in [-0.05, 0) is 49.5 Å². The first-order valence-corrected chi connectivity index (χ1v) is 10.1. The molecule has 0 radical (unpaired) electrons. The van der Waals surface area contributed by atoms with Gasteiger partial charge in [0.1, 0.15) is 5.82 Å². The summed E-state index contributed by atoms with van der Waals surface area (Å²) in [7, 11) is 1.85. The highest BCUT2D eigenvalue weighted by Crippen LogP contribution is 2.24. The van der Waals surface area contributed by atoms with Crippen molar-refractivity contribution in [3.05, 3.63) is 71.5 Å². The lowest BCUT2D eigenvalue weighted by molar-refractivity contribution is -0.132. The molecular weight excluding hydrogens is 353 g/mol. The molecule has 1 fully saturated rings. The van der Waals surface area contributed by atoms with Crippen LogP contribution in [0.5, 0.6) is 0 Å². The first-order chi connectivity index (χ1) is 13.5. The summed E-state index contributed by atoms with van der Waals surface area (Å²) in [6.45, 7) is 2.99. The van der Waals surface area contributed by atoms with Gasteiger partial charge in [-0.25, -0.2) is 4.39 Å². The van der Waals surface area contributed by atoms with Crippen molar-refractivity contribution >= 4 is 5.91 Å². The van der Waals surface area contributed by atoms with Crippen molar-refractivity contribution in [2.45, 2.75) is 37.8 Å². The number of benzene rings is 2. The van der Waals surface area contributed by atoms with E-state index in [1.54, 1.807) is 18.2 Å². The second kappa shape index (κ2) is 9.80. The van der Waals surface area contributed by atoms with E-state index in [0.29, 0.717) is 12.0 Å². The van der Waals surface area contributed by atoms with E-state index in [0.717, 1.165) is 25.2 Å². The molecule has 2 N–H and O–H groups in total. The van der Waals surface area contributed by atoms with Crippen molar-refractivity contribution in [3.8, 4) is 0 Å². The lowest BCUT2D eigenvalue weighted by Crippen LogP contribution is -2.41. The zero-order chi connectivity index (χ0) is 19.9. The Kier molecular flexibility index (Phi) is 7.18. The van der Waals surface area contributed by atoms with Crippen LogP contribution >= 0.6 is 0 Å². The van der Waals surface area contributed by atoms with E-state index in [9.17, 15) is 9.18 Å². The molecule has 3 rings (SSSR count). The Labute approximate surface area is 167 Å². The second-order valence-corrected chi connectivity index (χ2v) is 7.70. The Bertz CT molecular complexity index is 761. The summed E-state index contributed by atoms with van der Waals surface area (Å²) in [4.78, 5) is 17.2. The quantitative estimate of drug-likeness (QED) is 0.760. The van der Waals surface area contributed by atoms with Crippen LogP contribution in [0.25, 0.3) is 0 Å². The standard InChI is InChI=1S/C23H30FN3O/c1-26(23(28)16-20(25)15-19-11-5-6-12-21(19)24)22(17-27-13-7-8-14-27)18-9-3-2-4-10-18/h2-6,9-12,20,22H,7-8,13-17,25H2,1H3/t20?,22-/m0/s1. The Hall–Kier alpha value is -2.24. The lowest BCUT2D eigenvalue weighted by atomic mass is 10.0. The molecule has 1 amide bonds. The molecular formula is C23H30FN3O. The van der Waals surface area contributed by atoms with Gasteiger partial charge in [-0.2, -0.15) is 0 Å². The van der Waals surface area contributed by atoms with Crippen molar-refractivity contribution in [1.82, 2.24) is 9.80 Å². The molecule has 0 aromatic heterocycles. The fourth-order valence-electron chi connectivity index (χ4n) is 3.90. The predicted octanol–water partition coefficient (Wildman–Crippen LogP) is 3.38. The number of likely N-dealkylation sites (N-methyl/N-ethyl adjacent to an activating group) is 1. The SMILES string of the molecule is CN(C(=O)CC(N)Cc1ccccc1F)[C@@H](CN1CCCC1)c1ccccc1. The molecule has 2 atom stereocenters. The largest absolute Gasteiger partial charge is 0.337 e. The van der Waals surface area contributed by atoms with Crippen LogP contribution in [0.1, 0.15) is 36.4 Å². The summed E-state index contributed by atoms with van der Waals surface area (Å²) < 4.78 is 13.9. The number of nitrogens with zero attached hydrogens (tertiary/aromatic N) is 2. The third-order valence-corrected chi connectivity index (χ3v) is 5.55. The van der Waals surface area contributed by atoms with Gasteiger partial charge < -0.3 is 15.5 Å². The average molecular weight is 384 g/mol. The number of nitrogens with two attached hydrogens (primary N) is 1. The molecule has 0 saturated carbocycles. The molecule has 28 heavy (non-hydrogen) atoms. The molecule has 0 bridgehead atoms. The molecule has 150 valence electrons. The first kappa shape index (κ1) is 20.5. The van der Waals surface area contributed by atoms with Gasteiger partial charge >= 0.3 is 0 Å². The van der Waals surface area contributed by atoms with Crippen LogP contribution in [0.15, 0.2) is 54.6 Å². The van der Waals surface area contributed by atoms with E-state index in [2.05, 4.69) is 17.0 Å². The maximum atomic E-state index is 13.9. The van der Waals surface area contributed by atoms with Crippen molar-refractivity contribution in [2.75, 3.05) is 26.7 Å². The van der Waals surface area contributed by atoms with Crippen molar-refractivity contribution < 1.29 is 9.18 Å². The fraction of sp³-hybridized carbons (Fsp3) is 0.435. The van der Waals surface area contributed by atoms with Gasteiger partial charge in [0.15, 0.2) is 0 Å². The van der Waals surface area contributed by atoms with Crippen molar-refractivity contribution in [2.24, 2.45) is 5.73 Å². The summed E-state index contributed by atoms with van der Waals surface area (Å²) in [5, 5.41) is 0. The Balaban J connectivity index is 1.66. The van der Waals surface area contributed by atoms with Gasteiger partial charge in [0.2, 0.25) is 5.91 Å². The number of carbonyl (C=O) groups excluding carboxylic acids is 1. The Morgan fingerprint density at radius 1 is 1.11 bits per heavy atom. The molecule has 1 heterocycles. The van der Waals surface area contributed by atoms with Gasteiger partial charge in [-0.1, -0.05) is 48.5 Å². The van der Waals surface area contributed by atoms with Gasteiger partial charge in [0, 0.05) is 26.1 Å². The minimum absolute atomic E-state index is 0.00288. The smallest absolute Gasteiger partial charge is 0.224 e.